The van der Waals surface area contributed by atoms with Gasteiger partial charge in [-0.2, -0.15) is 5.26 Å². The van der Waals surface area contributed by atoms with Crippen LogP contribution in [0.15, 0.2) is 60.4 Å². The Hall–Kier alpha value is -3.86. The van der Waals surface area contributed by atoms with Gasteiger partial charge < -0.3 is 19.9 Å². The minimum Gasteiger partial charge on any atom is -0.462 e. The van der Waals surface area contributed by atoms with E-state index in [2.05, 4.69) is 15.2 Å². The van der Waals surface area contributed by atoms with Gasteiger partial charge in [-0.05, 0) is 31.2 Å². The second-order valence-corrected chi connectivity index (χ2v) is 6.59. The number of ether oxygens (including phenoxy) is 1. The lowest BCUT2D eigenvalue weighted by Crippen LogP contribution is -2.44. The van der Waals surface area contributed by atoms with Gasteiger partial charge in [0.2, 0.25) is 0 Å². The Bertz CT molecular complexity index is 960. The standard InChI is InChI=1S/C22H23N5O3/c1-2-30-22(29)18-7-3-4-8-19(18)25-21(28)17(15-23)16-26-11-13-27(14-12-26)20-9-5-6-10-24-20/h3-10,16H,2,11-14H2,1H3,(H,25,28)/b17-16-. The van der Waals surface area contributed by atoms with E-state index in [1.807, 2.05) is 29.2 Å². The van der Waals surface area contributed by atoms with Crippen molar-refractivity contribution in [2.24, 2.45) is 0 Å². The van der Waals surface area contributed by atoms with Gasteiger partial charge in [0.25, 0.3) is 5.91 Å². The van der Waals surface area contributed by atoms with Crippen LogP contribution in [0.3, 0.4) is 0 Å². The van der Waals surface area contributed by atoms with Crippen LogP contribution in [0.2, 0.25) is 0 Å². The molecule has 1 aliphatic heterocycles. The van der Waals surface area contributed by atoms with Crippen molar-refractivity contribution in [1.82, 2.24) is 9.88 Å². The fourth-order valence-electron chi connectivity index (χ4n) is 3.11. The number of carbonyl (C=O) groups is 2. The first kappa shape index (κ1) is 20.9. The first-order chi connectivity index (χ1) is 14.6. The smallest absolute Gasteiger partial charge is 0.340 e. The third-order valence-corrected chi connectivity index (χ3v) is 4.63. The number of rotatable bonds is 6. The molecule has 1 N–H and O–H groups in total. The number of aromatic nitrogens is 1. The van der Waals surface area contributed by atoms with Gasteiger partial charge >= 0.3 is 5.97 Å². The summed E-state index contributed by atoms with van der Waals surface area (Å²) in [4.78, 5) is 33.2. The van der Waals surface area contributed by atoms with Gasteiger partial charge in [0.05, 0.1) is 17.9 Å². The molecule has 0 unspecified atom stereocenters. The molecule has 0 bridgehead atoms. The molecule has 0 atom stereocenters. The molecule has 0 aliphatic carbocycles. The molecule has 1 saturated heterocycles. The maximum Gasteiger partial charge on any atom is 0.340 e. The van der Waals surface area contributed by atoms with E-state index in [0.29, 0.717) is 18.8 Å². The Balaban J connectivity index is 1.65. The highest BCUT2D eigenvalue weighted by atomic mass is 16.5. The molecular weight excluding hydrogens is 382 g/mol. The van der Waals surface area contributed by atoms with E-state index in [1.165, 1.54) is 0 Å². The summed E-state index contributed by atoms with van der Waals surface area (Å²) in [6.07, 6.45) is 3.33. The molecule has 1 aromatic heterocycles. The number of amides is 1. The van der Waals surface area contributed by atoms with Crippen molar-refractivity contribution < 1.29 is 14.3 Å². The number of carbonyl (C=O) groups excluding carboxylic acids is 2. The van der Waals surface area contributed by atoms with Crippen LogP contribution in [0, 0.1) is 11.3 Å². The molecule has 1 fully saturated rings. The molecule has 2 aromatic rings. The Morgan fingerprint density at radius 2 is 1.90 bits per heavy atom. The van der Waals surface area contributed by atoms with Gasteiger partial charge in [0.1, 0.15) is 17.5 Å². The normalized spacial score (nSPS) is 14.1. The van der Waals surface area contributed by atoms with Crippen LogP contribution in [-0.2, 0) is 9.53 Å². The van der Waals surface area contributed by atoms with E-state index in [1.54, 1.807) is 43.6 Å². The van der Waals surface area contributed by atoms with Crippen LogP contribution < -0.4 is 10.2 Å². The van der Waals surface area contributed by atoms with Crippen molar-refractivity contribution in [2.75, 3.05) is 43.0 Å². The molecule has 154 valence electrons. The zero-order valence-electron chi connectivity index (χ0n) is 16.7. The van der Waals surface area contributed by atoms with Crippen molar-refractivity contribution in [3.05, 3.63) is 66.0 Å². The molecule has 0 spiro atoms. The fourth-order valence-corrected chi connectivity index (χ4v) is 3.11. The summed E-state index contributed by atoms with van der Waals surface area (Å²) in [6.45, 7) is 4.74. The third kappa shape index (κ3) is 5.14. The van der Waals surface area contributed by atoms with E-state index in [4.69, 9.17) is 4.74 Å². The Kier molecular flexibility index (Phi) is 7.00. The summed E-state index contributed by atoms with van der Waals surface area (Å²) in [5, 5.41) is 12.1. The number of benzene rings is 1. The number of hydrogen-bond acceptors (Lipinski definition) is 7. The summed E-state index contributed by atoms with van der Waals surface area (Å²) in [5.74, 6) is -0.183. The average Bonchev–Trinajstić information content (AvgIpc) is 2.79. The van der Waals surface area contributed by atoms with Gasteiger partial charge in [-0.1, -0.05) is 18.2 Å². The Morgan fingerprint density at radius 3 is 2.57 bits per heavy atom. The van der Waals surface area contributed by atoms with Crippen molar-refractivity contribution in [3.63, 3.8) is 0 Å². The van der Waals surface area contributed by atoms with Crippen molar-refractivity contribution in [1.29, 1.82) is 5.26 Å². The van der Waals surface area contributed by atoms with Crippen molar-refractivity contribution in [2.45, 2.75) is 6.92 Å². The van der Waals surface area contributed by atoms with Gasteiger partial charge in [-0.15, -0.1) is 0 Å². The highest BCUT2D eigenvalue weighted by Crippen LogP contribution is 2.18. The number of pyridine rings is 1. The molecule has 2 heterocycles. The van der Waals surface area contributed by atoms with E-state index in [0.717, 1.165) is 18.9 Å². The maximum atomic E-state index is 12.6. The molecule has 1 aliphatic rings. The zero-order chi connectivity index (χ0) is 21.3. The summed E-state index contributed by atoms with van der Waals surface area (Å²) in [5.41, 5.74) is 0.524. The van der Waals surface area contributed by atoms with Crippen LogP contribution in [-0.4, -0.2) is 54.5 Å². The third-order valence-electron chi connectivity index (χ3n) is 4.63. The molecule has 0 saturated carbocycles. The van der Waals surface area contributed by atoms with Crippen LogP contribution in [0.4, 0.5) is 11.5 Å². The van der Waals surface area contributed by atoms with Crippen LogP contribution in [0.25, 0.3) is 0 Å². The first-order valence-corrected chi connectivity index (χ1v) is 9.71. The van der Waals surface area contributed by atoms with E-state index in [-0.39, 0.29) is 17.7 Å². The topological polar surface area (TPSA) is 98.6 Å². The van der Waals surface area contributed by atoms with Gasteiger partial charge in [-0.25, -0.2) is 9.78 Å². The lowest BCUT2D eigenvalue weighted by Gasteiger charge is -2.34. The van der Waals surface area contributed by atoms with E-state index >= 15 is 0 Å². The molecule has 0 radical (unpaired) electrons. The number of anilines is 2. The van der Waals surface area contributed by atoms with Crippen LogP contribution in [0.1, 0.15) is 17.3 Å². The molecule has 30 heavy (non-hydrogen) atoms. The molecule has 8 heteroatoms. The highest BCUT2D eigenvalue weighted by Gasteiger charge is 2.20. The monoisotopic (exact) mass is 405 g/mol. The molecule has 3 rings (SSSR count). The Morgan fingerprint density at radius 1 is 1.17 bits per heavy atom. The minimum absolute atomic E-state index is 0.0278. The van der Waals surface area contributed by atoms with Crippen LogP contribution >= 0.6 is 0 Å². The minimum atomic E-state index is -0.568. The predicted octanol–water partition coefficient (Wildman–Crippen LogP) is 2.43. The van der Waals surface area contributed by atoms with Gasteiger partial charge in [0, 0.05) is 38.6 Å². The number of esters is 1. The SMILES string of the molecule is CCOC(=O)c1ccccc1NC(=O)/C(C#N)=C\N1CCN(c2ccccn2)CC1. The number of hydrogen-bond donors (Lipinski definition) is 1. The molecule has 8 nitrogen and oxygen atoms in total. The Labute approximate surface area is 175 Å². The summed E-state index contributed by atoms with van der Waals surface area (Å²) in [7, 11) is 0. The average molecular weight is 405 g/mol. The quantitative estimate of drug-likeness (QED) is 0.448. The van der Waals surface area contributed by atoms with Gasteiger partial charge in [-0.3, -0.25) is 4.79 Å². The van der Waals surface area contributed by atoms with E-state index < -0.39 is 11.9 Å². The number of para-hydroxylation sites is 1. The van der Waals surface area contributed by atoms with Crippen molar-refractivity contribution in [3.8, 4) is 6.07 Å². The summed E-state index contributed by atoms with van der Waals surface area (Å²) in [6, 6.07) is 14.3. The molecule has 1 aromatic carbocycles. The zero-order valence-corrected chi connectivity index (χ0v) is 16.7. The largest absolute Gasteiger partial charge is 0.462 e. The predicted molar refractivity (Wildman–Crippen MR) is 113 cm³/mol. The number of nitrogens with zero attached hydrogens (tertiary/aromatic N) is 4. The summed E-state index contributed by atoms with van der Waals surface area (Å²) < 4.78 is 5.02. The molecule has 1 amide bonds. The number of piperazine rings is 1. The number of nitrogens with one attached hydrogen (secondary N) is 1. The summed E-state index contributed by atoms with van der Waals surface area (Å²) >= 11 is 0. The van der Waals surface area contributed by atoms with Gasteiger partial charge in [0.15, 0.2) is 0 Å². The second-order valence-electron chi connectivity index (χ2n) is 6.59. The number of nitriles is 1. The molecular formula is C22H23N5O3. The maximum absolute atomic E-state index is 12.6. The fraction of sp³-hybridized carbons (Fsp3) is 0.273. The van der Waals surface area contributed by atoms with Crippen molar-refractivity contribution >= 4 is 23.4 Å². The highest BCUT2D eigenvalue weighted by molar-refractivity contribution is 6.09. The lowest BCUT2D eigenvalue weighted by atomic mass is 10.1. The lowest BCUT2D eigenvalue weighted by molar-refractivity contribution is -0.112. The van der Waals surface area contributed by atoms with E-state index in [9.17, 15) is 14.9 Å². The first-order valence-electron chi connectivity index (χ1n) is 9.71. The second kappa shape index (κ2) is 10.1. The van der Waals surface area contributed by atoms with Crippen LogP contribution in [0.5, 0.6) is 0 Å².